The maximum Gasteiger partial charge on any atom is 0.232 e. The summed E-state index contributed by atoms with van der Waals surface area (Å²) in [6.45, 7) is 4.49. The van der Waals surface area contributed by atoms with Crippen LogP contribution in [0.2, 0.25) is 0 Å². The van der Waals surface area contributed by atoms with Crippen LogP contribution in [0, 0.1) is 12.7 Å². The van der Waals surface area contributed by atoms with E-state index in [0.717, 1.165) is 12.0 Å². The van der Waals surface area contributed by atoms with Crippen molar-refractivity contribution in [2.24, 2.45) is 0 Å². The van der Waals surface area contributed by atoms with Crippen molar-refractivity contribution in [1.82, 2.24) is 0 Å². The predicted molar refractivity (Wildman–Crippen MR) is 98.0 cm³/mol. The van der Waals surface area contributed by atoms with E-state index < -0.39 is 11.7 Å². The molecule has 0 fully saturated rings. The second kappa shape index (κ2) is 7.56. The first-order valence-electron chi connectivity index (χ1n) is 8.61. The van der Waals surface area contributed by atoms with Gasteiger partial charge >= 0.3 is 0 Å². The molecule has 2 aromatic rings. The summed E-state index contributed by atoms with van der Waals surface area (Å²) in [6.07, 6.45) is 0.866. The highest BCUT2D eigenvalue weighted by Gasteiger charge is 2.31. The van der Waals surface area contributed by atoms with Crippen molar-refractivity contribution in [2.45, 2.75) is 32.6 Å². The van der Waals surface area contributed by atoms with Crippen LogP contribution in [-0.4, -0.2) is 18.4 Å². The number of halogens is 1. The fourth-order valence-electron chi connectivity index (χ4n) is 2.96. The van der Waals surface area contributed by atoms with Gasteiger partial charge in [0.15, 0.2) is 0 Å². The molecule has 136 valence electrons. The summed E-state index contributed by atoms with van der Waals surface area (Å²) in [5, 5.41) is 5.47. The Morgan fingerprint density at radius 1 is 1.31 bits per heavy atom. The zero-order valence-electron chi connectivity index (χ0n) is 14.8. The number of anilines is 2. The van der Waals surface area contributed by atoms with E-state index >= 15 is 0 Å². The van der Waals surface area contributed by atoms with Crippen molar-refractivity contribution in [3.63, 3.8) is 0 Å². The Morgan fingerprint density at radius 2 is 2.12 bits per heavy atom. The van der Waals surface area contributed by atoms with Crippen molar-refractivity contribution < 1.29 is 18.7 Å². The number of amides is 2. The molecular formula is C20H21FN2O3. The first-order chi connectivity index (χ1) is 12.5. The van der Waals surface area contributed by atoms with E-state index in [1.54, 1.807) is 6.07 Å². The van der Waals surface area contributed by atoms with Gasteiger partial charge in [-0.2, -0.15) is 0 Å². The minimum absolute atomic E-state index is 0.0154. The topological polar surface area (TPSA) is 67.4 Å². The maximum atomic E-state index is 13.4. The summed E-state index contributed by atoms with van der Waals surface area (Å²) >= 11 is 0. The maximum absolute atomic E-state index is 13.4. The number of aryl methyl sites for hydroxylation is 1. The lowest BCUT2D eigenvalue weighted by molar-refractivity contribution is -0.123. The third kappa shape index (κ3) is 3.85. The molecule has 1 unspecified atom stereocenters. The molecule has 5 nitrogen and oxygen atoms in total. The van der Waals surface area contributed by atoms with Crippen LogP contribution in [-0.2, 0) is 9.59 Å². The van der Waals surface area contributed by atoms with Crippen molar-refractivity contribution in [3.05, 3.63) is 53.3 Å². The number of carbonyl (C=O) groups is 2. The van der Waals surface area contributed by atoms with E-state index in [-0.39, 0.29) is 18.2 Å². The first kappa shape index (κ1) is 17.9. The third-order valence-corrected chi connectivity index (χ3v) is 4.23. The molecular weight excluding hydrogens is 335 g/mol. The van der Waals surface area contributed by atoms with Crippen LogP contribution in [0.5, 0.6) is 5.75 Å². The van der Waals surface area contributed by atoms with Gasteiger partial charge in [0.2, 0.25) is 11.8 Å². The molecule has 0 saturated heterocycles. The van der Waals surface area contributed by atoms with E-state index in [4.69, 9.17) is 4.74 Å². The van der Waals surface area contributed by atoms with Gasteiger partial charge in [-0.3, -0.25) is 9.59 Å². The molecule has 0 saturated carbocycles. The SMILES string of the molecule is CCCOc1cc(C)ccc1NC(=O)C1CC(=O)Nc2cc(F)ccc21. The minimum atomic E-state index is -0.681. The normalized spacial score (nSPS) is 15.8. The van der Waals surface area contributed by atoms with E-state index in [2.05, 4.69) is 10.6 Å². The molecule has 3 rings (SSSR count). The molecule has 26 heavy (non-hydrogen) atoms. The number of ether oxygens (including phenoxy) is 1. The minimum Gasteiger partial charge on any atom is -0.491 e. The average molecular weight is 356 g/mol. The van der Waals surface area contributed by atoms with Crippen molar-refractivity contribution in [2.75, 3.05) is 17.2 Å². The highest BCUT2D eigenvalue weighted by Crippen LogP contribution is 2.35. The lowest BCUT2D eigenvalue weighted by Crippen LogP contribution is -2.31. The van der Waals surface area contributed by atoms with E-state index in [9.17, 15) is 14.0 Å². The van der Waals surface area contributed by atoms with Gasteiger partial charge in [-0.15, -0.1) is 0 Å². The van der Waals surface area contributed by atoms with Gasteiger partial charge in [-0.25, -0.2) is 4.39 Å². The van der Waals surface area contributed by atoms with Gasteiger partial charge in [0, 0.05) is 12.1 Å². The standard InChI is InChI=1S/C20H21FN2O3/c1-3-8-26-18-9-12(2)4-7-16(18)23-20(25)15-11-19(24)22-17-10-13(21)5-6-14(15)17/h4-7,9-10,15H,3,8,11H2,1-2H3,(H,22,24)(H,23,25). The highest BCUT2D eigenvalue weighted by molar-refractivity contribution is 6.05. The van der Waals surface area contributed by atoms with Crippen LogP contribution in [0.1, 0.15) is 36.8 Å². The number of fused-ring (bicyclic) bond motifs is 1. The summed E-state index contributed by atoms with van der Waals surface area (Å²) in [7, 11) is 0. The number of carbonyl (C=O) groups excluding carboxylic acids is 2. The van der Waals surface area contributed by atoms with Crippen LogP contribution in [0.4, 0.5) is 15.8 Å². The van der Waals surface area contributed by atoms with E-state index in [0.29, 0.717) is 29.3 Å². The number of benzene rings is 2. The van der Waals surface area contributed by atoms with Gasteiger partial charge < -0.3 is 15.4 Å². The Kier molecular flexibility index (Phi) is 5.21. The number of hydrogen-bond acceptors (Lipinski definition) is 3. The van der Waals surface area contributed by atoms with Crippen LogP contribution in [0.3, 0.4) is 0 Å². The molecule has 2 amide bonds. The third-order valence-electron chi connectivity index (χ3n) is 4.23. The summed E-state index contributed by atoms with van der Waals surface area (Å²) < 4.78 is 19.2. The summed E-state index contributed by atoms with van der Waals surface area (Å²) in [4.78, 5) is 24.8. The zero-order valence-corrected chi connectivity index (χ0v) is 14.8. The second-order valence-corrected chi connectivity index (χ2v) is 6.37. The lowest BCUT2D eigenvalue weighted by atomic mass is 9.89. The number of nitrogens with one attached hydrogen (secondary N) is 2. The molecule has 0 aromatic heterocycles. The fourth-order valence-corrected chi connectivity index (χ4v) is 2.96. The van der Waals surface area contributed by atoms with Crippen LogP contribution < -0.4 is 15.4 Å². The van der Waals surface area contributed by atoms with Crippen molar-refractivity contribution in [1.29, 1.82) is 0 Å². The van der Waals surface area contributed by atoms with Gasteiger partial charge in [-0.05, 0) is 48.7 Å². The van der Waals surface area contributed by atoms with Gasteiger partial charge in [0.25, 0.3) is 0 Å². The van der Waals surface area contributed by atoms with Crippen LogP contribution in [0.15, 0.2) is 36.4 Å². The molecule has 2 aromatic carbocycles. The largest absolute Gasteiger partial charge is 0.491 e. The second-order valence-electron chi connectivity index (χ2n) is 6.37. The molecule has 0 radical (unpaired) electrons. The highest BCUT2D eigenvalue weighted by atomic mass is 19.1. The smallest absolute Gasteiger partial charge is 0.232 e. The van der Waals surface area contributed by atoms with Crippen LogP contribution in [0.25, 0.3) is 0 Å². The summed E-state index contributed by atoms with van der Waals surface area (Å²) in [6, 6.07) is 9.59. The Bertz CT molecular complexity index is 851. The molecule has 1 heterocycles. The monoisotopic (exact) mass is 356 g/mol. The van der Waals surface area contributed by atoms with E-state index in [1.807, 2.05) is 26.0 Å². The van der Waals surface area contributed by atoms with E-state index in [1.165, 1.54) is 18.2 Å². The quantitative estimate of drug-likeness (QED) is 0.851. The zero-order chi connectivity index (χ0) is 18.7. The molecule has 2 N–H and O–H groups in total. The molecule has 0 aliphatic carbocycles. The molecule has 1 atom stereocenters. The van der Waals surface area contributed by atoms with Gasteiger partial charge in [0.05, 0.1) is 18.2 Å². The lowest BCUT2D eigenvalue weighted by Gasteiger charge is -2.25. The molecule has 6 heteroatoms. The summed E-state index contributed by atoms with van der Waals surface area (Å²) in [5.74, 6) is -1.18. The summed E-state index contributed by atoms with van der Waals surface area (Å²) in [5.41, 5.74) is 2.52. The molecule has 0 spiro atoms. The van der Waals surface area contributed by atoms with Gasteiger partial charge in [-0.1, -0.05) is 19.1 Å². The van der Waals surface area contributed by atoms with Crippen LogP contribution >= 0.6 is 0 Å². The Hall–Kier alpha value is -2.89. The Morgan fingerprint density at radius 3 is 2.88 bits per heavy atom. The molecule has 1 aliphatic heterocycles. The molecule has 1 aliphatic rings. The first-order valence-corrected chi connectivity index (χ1v) is 8.61. The Balaban J connectivity index is 1.86. The number of rotatable bonds is 5. The van der Waals surface area contributed by atoms with Crippen molar-refractivity contribution in [3.8, 4) is 5.75 Å². The average Bonchev–Trinajstić information content (AvgIpc) is 2.60. The number of hydrogen-bond donors (Lipinski definition) is 2. The van der Waals surface area contributed by atoms with Gasteiger partial charge in [0.1, 0.15) is 11.6 Å². The predicted octanol–water partition coefficient (Wildman–Crippen LogP) is 3.99. The molecule has 0 bridgehead atoms. The van der Waals surface area contributed by atoms with Crippen molar-refractivity contribution >= 4 is 23.2 Å². The Labute approximate surface area is 151 Å². The fraction of sp³-hybridized carbons (Fsp3) is 0.300.